The van der Waals surface area contributed by atoms with Crippen molar-refractivity contribution in [1.82, 2.24) is 4.73 Å². The zero-order chi connectivity index (χ0) is 14.3. The molecule has 4 N–H and O–H groups in total. The van der Waals surface area contributed by atoms with Crippen LogP contribution < -0.4 is 5.73 Å². The molecule has 1 heterocycles. The molecule has 0 aliphatic carbocycles. The maximum atomic E-state index is 13.6. The van der Waals surface area contributed by atoms with Crippen LogP contribution in [0.3, 0.4) is 0 Å². The second kappa shape index (κ2) is 4.78. The lowest BCUT2D eigenvalue weighted by Crippen LogP contribution is -2.32. The third-order valence-corrected chi connectivity index (χ3v) is 3.51. The molecule has 1 aromatic heterocycles. The number of nitrogens with two attached hydrogens (primary N) is 1. The number of rotatable bonds is 3. The van der Waals surface area contributed by atoms with Crippen LogP contribution in [0.4, 0.5) is 8.78 Å². The Morgan fingerprint density at radius 2 is 2.11 bits per heavy atom. The van der Waals surface area contributed by atoms with E-state index >= 15 is 0 Å². The summed E-state index contributed by atoms with van der Waals surface area (Å²) in [4.78, 5) is 10.7. The lowest BCUT2D eigenvalue weighted by Gasteiger charge is -2.06. The number of benzene rings is 1. The monoisotopic (exact) mass is 334 g/mol. The molecule has 0 aliphatic heterocycles. The van der Waals surface area contributed by atoms with Gasteiger partial charge in [-0.3, -0.25) is 4.79 Å². The van der Waals surface area contributed by atoms with Crippen LogP contribution in [-0.4, -0.2) is 27.1 Å². The van der Waals surface area contributed by atoms with Gasteiger partial charge in [-0.05, 0) is 21.5 Å². The second-order valence-electron chi connectivity index (χ2n) is 4.03. The van der Waals surface area contributed by atoms with Crippen LogP contribution in [0.5, 0.6) is 0 Å². The Bertz CT molecular complexity index is 672. The number of aliphatic carboxylic acids is 1. The van der Waals surface area contributed by atoms with E-state index in [0.29, 0.717) is 10.8 Å². The van der Waals surface area contributed by atoms with Crippen LogP contribution in [0.2, 0.25) is 0 Å². The average Bonchev–Trinajstić information content (AvgIpc) is 2.63. The molecule has 0 saturated heterocycles. The molecule has 0 bridgehead atoms. The largest absolute Gasteiger partial charge is 0.480 e. The number of hydrogen-bond acceptors (Lipinski definition) is 3. The number of carboxylic acid groups (broad SMARTS) is 1. The minimum atomic E-state index is -1.24. The first kappa shape index (κ1) is 13.8. The maximum absolute atomic E-state index is 13.6. The van der Waals surface area contributed by atoms with Gasteiger partial charge in [-0.2, -0.15) is 4.73 Å². The van der Waals surface area contributed by atoms with E-state index in [1.54, 1.807) is 0 Å². The highest BCUT2D eigenvalue weighted by Gasteiger charge is 2.22. The molecule has 0 radical (unpaired) electrons. The smallest absolute Gasteiger partial charge is 0.320 e. The van der Waals surface area contributed by atoms with Crippen molar-refractivity contribution in [2.24, 2.45) is 5.73 Å². The van der Waals surface area contributed by atoms with Gasteiger partial charge in [-0.15, -0.1) is 0 Å². The highest BCUT2D eigenvalue weighted by Crippen LogP contribution is 2.33. The summed E-state index contributed by atoms with van der Waals surface area (Å²) in [5, 5.41) is 18.4. The number of halogens is 3. The summed E-state index contributed by atoms with van der Waals surface area (Å²) >= 11 is 2.95. The summed E-state index contributed by atoms with van der Waals surface area (Å²) in [7, 11) is 0. The van der Waals surface area contributed by atoms with E-state index < -0.39 is 23.6 Å². The number of carboxylic acids is 1. The van der Waals surface area contributed by atoms with Crippen LogP contribution in [-0.2, 0) is 11.2 Å². The molecule has 1 aromatic carbocycles. The van der Waals surface area contributed by atoms with Crippen LogP contribution in [0.15, 0.2) is 16.7 Å². The van der Waals surface area contributed by atoms with E-state index in [0.717, 1.165) is 6.20 Å². The number of hydrogen-bond donors (Lipinski definition) is 3. The van der Waals surface area contributed by atoms with Gasteiger partial charge in [0.25, 0.3) is 0 Å². The lowest BCUT2D eigenvalue weighted by atomic mass is 10.1. The zero-order valence-corrected chi connectivity index (χ0v) is 11.0. The van der Waals surface area contributed by atoms with E-state index in [1.807, 2.05) is 0 Å². The lowest BCUT2D eigenvalue weighted by molar-refractivity contribution is -0.138. The second-order valence-corrected chi connectivity index (χ2v) is 4.82. The molecule has 0 fully saturated rings. The third kappa shape index (κ3) is 2.28. The van der Waals surface area contributed by atoms with Crippen molar-refractivity contribution in [3.63, 3.8) is 0 Å². The number of nitrogens with zero attached hydrogens (tertiary/aromatic N) is 1. The highest BCUT2D eigenvalue weighted by molar-refractivity contribution is 9.10. The van der Waals surface area contributed by atoms with Gasteiger partial charge < -0.3 is 16.0 Å². The maximum Gasteiger partial charge on any atom is 0.320 e. The summed E-state index contributed by atoms with van der Waals surface area (Å²) in [5.41, 5.74) is 5.38. The van der Waals surface area contributed by atoms with Gasteiger partial charge in [0.05, 0.1) is 4.47 Å². The average molecular weight is 335 g/mol. The molecule has 0 saturated carbocycles. The fraction of sp³-hybridized carbons (Fsp3) is 0.182. The number of fused-ring (bicyclic) bond motifs is 1. The molecule has 0 amide bonds. The zero-order valence-electron chi connectivity index (χ0n) is 9.40. The third-order valence-electron chi connectivity index (χ3n) is 2.73. The SMILES string of the molecule is NC(Cc1cn(O)c2c(F)cc(F)c(Br)c12)C(=O)O. The Balaban J connectivity index is 2.66. The quantitative estimate of drug-likeness (QED) is 0.590. The standard InChI is InChI=1S/C11H9BrF2N2O3/c12-9-5(13)2-6(14)10-8(9)4(3-16(10)19)1-7(15)11(17)18/h2-3,7,19H,1,15H2,(H,17,18). The van der Waals surface area contributed by atoms with E-state index in [1.165, 1.54) is 0 Å². The normalized spacial score (nSPS) is 12.8. The molecule has 8 heteroatoms. The molecular formula is C11H9BrF2N2O3. The summed E-state index contributed by atoms with van der Waals surface area (Å²) in [6.45, 7) is 0. The van der Waals surface area contributed by atoms with Crippen LogP contribution in [0.1, 0.15) is 5.56 Å². The van der Waals surface area contributed by atoms with Gasteiger partial charge in [-0.1, -0.05) is 0 Å². The molecule has 2 aromatic rings. The highest BCUT2D eigenvalue weighted by atomic mass is 79.9. The van der Waals surface area contributed by atoms with Gasteiger partial charge >= 0.3 is 5.97 Å². The first-order valence-corrected chi connectivity index (χ1v) is 5.97. The van der Waals surface area contributed by atoms with E-state index in [9.17, 15) is 18.8 Å². The molecular weight excluding hydrogens is 326 g/mol. The molecule has 0 spiro atoms. The fourth-order valence-electron chi connectivity index (χ4n) is 1.86. The first-order valence-electron chi connectivity index (χ1n) is 5.18. The number of aromatic nitrogens is 1. The van der Waals surface area contributed by atoms with Crippen molar-refractivity contribution in [1.29, 1.82) is 0 Å². The topological polar surface area (TPSA) is 88.5 Å². The summed E-state index contributed by atoms with van der Waals surface area (Å²) in [6, 6.07) is -0.608. The summed E-state index contributed by atoms with van der Waals surface area (Å²) < 4.78 is 27.5. The van der Waals surface area contributed by atoms with Gasteiger partial charge in [0, 0.05) is 24.1 Å². The van der Waals surface area contributed by atoms with Crippen molar-refractivity contribution in [3.05, 3.63) is 33.9 Å². The van der Waals surface area contributed by atoms with E-state index in [-0.39, 0.29) is 27.4 Å². The van der Waals surface area contributed by atoms with E-state index in [2.05, 4.69) is 15.9 Å². The van der Waals surface area contributed by atoms with Gasteiger partial charge in [0.1, 0.15) is 17.4 Å². The van der Waals surface area contributed by atoms with Crippen LogP contribution in [0, 0.1) is 11.6 Å². The Hall–Kier alpha value is -1.67. The van der Waals surface area contributed by atoms with Crippen LogP contribution >= 0.6 is 15.9 Å². The molecule has 102 valence electrons. The summed E-state index contributed by atoms with van der Waals surface area (Å²) in [5.74, 6) is -3.04. The van der Waals surface area contributed by atoms with E-state index in [4.69, 9.17) is 10.8 Å². The molecule has 0 aliphatic rings. The van der Waals surface area contributed by atoms with Crippen LogP contribution in [0.25, 0.3) is 10.9 Å². The molecule has 5 nitrogen and oxygen atoms in total. The molecule has 19 heavy (non-hydrogen) atoms. The van der Waals surface area contributed by atoms with Gasteiger partial charge in [-0.25, -0.2) is 8.78 Å². The molecule has 1 unspecified atom stereocenters. The minimum Gasteiger partial charge on any atom is -0.480 e. The molecule has 2 rings (SSSR count). The van der Waals surface area contributed by atoms with Crippen molar-refractivity contribution in [3.8, 4) is 0 Å². The Morgan fingerprint density at radius 1 is 1.47 bits per heavy atom. The van der Waals surface area contributed by atoms with Crippen molar-refractivity contribution in [2.45, 2.75) is 12.5 Å². The Morgan fingerprint density at radius 3 is 2.68 bits per heavy atom. The van der Waals surface area contributed by atoms with Crippen molar-refractivity contribution >= 4 is 32.8 Å². The van der Waals surface area contributed by atoms with Gasteiger partial charge in [0.2, 0.25) is 0 Å². The summed E-state index contributed by atoms with van der Waals surface area (Å²) in [6.07, 6.45) is 0.946. The minimum absolute atomic E-state index is 0.0516. The van der Waals surface area contributed by atoms with Crippen molar-refractivity contribution < 1.29 is 23.9 Å². The number of carbonyl (C=O) groups is 1. The first-order chi connectivity index (χ1) is 8.82. The Kier molecular flexibility index (Phi) is 3.46. The predicted octanol–water partition coefficient (Wildman–Crippen LogP) is 1.87. The fourth-order valence-corrected chi connectivity index (χ4v) is 2.42. The Labute approximate surface area is 114 Å². The predicted molar refractivity (Wildman–Crippen MR) is 66.1 cm³/mol. The molecule has 1 atom stereocenters. The van der Waals surface area contributed by atoms with Crippen molar-refractivity contribution in [2.75, 3.05) is 0 Å². The van der Waals surface area contributed by atoms with Gasteiger partial charge in [0.15, 0.2) is 5.82 Å².